The van der Waals surface area contributed by atoms with Gasteiger partial charge in [-0.2, -0.15) is 0 Å². The molecule has 2 rings (SSSR count). The van der Waals surface area contributed by atoms with E-state index >= 15 is 0 Å². The molecule has 5 heteroatoms. The molecule has 2 aliphatic rings. The fraction of sp³-hybridized carbons (Fsp3) is 0.917. The maximum atomic E-state index is 5.66. The van der Waals surface area contributed by atoms with Crippen molar-refractivity contribution in [2.24, 2.45) is 11.1 Å². The zero-order valence-electron chi connectivity index (χ0n) is 10.6. The minimum Gasteiger partial charge on any atom is -0.393 e. The van der Waals surface area contributed by atoms with Crippen LogP contribution >= 0.6 is 12.2 Å². The smallest absolute Gasteiger partial charge is 0.0971 e. The third-order valence-electron chi connectivity index (χ3n) is 3.96. The largest absolute Gasteiger partial charge is 0.393 e. The van der Waals surface area contributed by atoms with Gasteiger partial charge in [-0.1, -0.05) is 12.2 Å². The highest BCUT2D eigenvalue weighted by atomic mass is 32.1. The normalized spacial score (nSPS) is 31.6. The summed E-state index contributed by atoms with van der Waals surface area (Å²) >= 11 is 5.03. The first-order valence-electron chi connectivity index (χ1n) is 6.15. The van der Waals surface area contributed by atoms with Gasteiger partial charge in [0, 0.05) is 40.3 Å². The predicted octanol–water partition coefficient (Wildman–Crippen LogP) is 0.788. The van der Waals surface area contributed by atoms with Gasteiger partial charge in [-0.05, 0) is 18.3 Å². The molecule has 0 aromatic carbocycles. The molecule has 0 radical (unpaired) electrons. The molecule has 1 aliphatic carbocycles. The molecule has 1 heterocycles. The van der Waals surface area contributed by atoms with Gasteiger partial charge in [-0.15, -0.1) is 0 Å². The quantitative estimate of drug-likeness (QED) is 0.714. The number of nitrogens with two attached hydrogens (primary N) is 1. The van der Waals surface area contributed by atoms with Gasteiger partial charge in [0.2, 0.25) is 0 Å². The van der Waals surface area contributed by atoms with E-state index < -0.39 is 0 Å². The summed E-state index contributed by atoms with van der Waals surface area (Å²) in [5.41, 5.74) is 6.02. The van der Waals surface area contributed by atoms with E-state index in [4.69, 9.17) is 27.4 Å². The van der Waals surface area contributed by atoms with Crippen LogP contribution in [0.1, 0.15) is 19.3 Å². The van der Waals surface area contributed by atoms with Crippen molar-refractivity contribution in [3.63, 3.8) is 0 Å². The van der Waals surface area contributed by atoms with Crippen molar-refractivity contribution in [3.8, 4) is 0 Å². The van der Waals surface area contributed by atoms with Crippen molar-refractivity contribution in [1.82, 2.24) is 4.90 Å². The van der Waals surface area contributed by atoms with E-state index in [0.717, 1.165) is 26.1 Å². The maximum absolute atomic E-state index is 5.66. The second kappa shape index (κ2) is 5.18. The molecule has 2 atom stereocenters. The molecule has 1 aliphatic heterocycles. The Morgan fingerprint density at radius 2 is 1.82 bits per heavy atom. The van der Waals surface area contributed by atoms with Crippen molar-refractivity contribution < 1.29 is 9.47 Å². The Morgan fingerprint density at radius 1 is 1.29 bits per heavy atom. The minimum atomic E-state index is 0.195. The van der Waals surface area contributed by atoms with Crippen LogP contribution in [0.15, 0.2) is 0 Å². The van der Waals surface area contributed by atoms with Gasteiger partial charge in [0.25, 0.3) is 0 Å². The number of ether oxygens (including phenoxy) is 2. The number of hydrogen-bond acceptors (Lipinski definition) is 4. The highest BCUT2D eigenvalue weighted by molar-refractivity contribution is 7.80. The zero-order chi connectivity index (χ0) is 12.5. The summed E-state index contributed by atoms with van der Waals surface area (Å²) < 4.78 is 10.9. The molecule has 0 amide bonds. The van der Waals surface area contributed by atoms with Crippen LogP contribution < -0.4 is 5.73 Å². The van der Waals surface area contributed by atoms with Gasteiger partial charge >= 0.3 is 0 Å². The van der Waals surface area contributed by atoms with Crippen LogP contribution in [-0.2, 0) is 9.47 Å². The van der Waals surface area contributed by atoms with Crippen molar-refractivity contribution in [2.75, 3.05) is 33.9 Å². The number of hydrogen-bond donors (Lipinski definition) is 1. The second-order valence-electron chi connectivity index (χ2n) is 5.39. The zero-order valence-corrected chi connectivity index (χ0v) is 11.5. The Bertz CT molecular complexity index is 282. The average molecular weight is 258 g/mol. The van der Waals surface area contributed by atoms with Crippen molar-refractivity contribution in [2.45, 2.75) is 31.5 Å². The Hall–Kier alpha value is -0.230. The molecular weight excluding hydrogens is 236 g/mol. The lowest BCUT2D eigenvalue weighted by Crippen LogP contribution is -2.31. The fourth-order valence-electron chi connectivity index (χ4n) is 2.81. The number of rotatable bonds is 6. The Morgan fingerprint density at radius 3 is 2.18 bits per heavy atom. The van der Waals surface area contributed by atoms with Gasteiger partial charge in [0.15, 0.2) is 0 Å². The molecule has 2 unspecified atom stereocenters. The summed E-state index contributed by atoms with van der Waals surface area (Å²) in [5.74, 6) is 0. The lowest BCUT2D eigenvalue weighted by molar-refractivity contribution is -0.00461. The first-order valence-corrected chi connectivity index (χ1v) is 6.56. The predicted molar refractivity (Wildman–Crippen MR) is 71.1 cm³/mol. The Kier molecular flexibility index (Phi) is 4.02. The third-order valence-corrected chi connectivity index (χ3v) is 4.11. The molecule has 0 bridgehead atoms. The lowest BCUT2D eigenvalue weighted by Gasteiger charge is -2.22. The molecule has 2 fully saturated rings. The molecule has 0 spiro atoms. The van der Waals surface area contributed by atoms with Gasteiger partial charge < -0.3 is 15.2 Å². The van der Waals surface area contributed by atoms with E-state index in [9.17, 15) is 0 Å². The van der Waals surface area contributed by atoms with Crippen LogP contribution in [0, 0.1) is 5.41 Å². The van der Waals surface area contributed by atoms with Crippen LogP contribution in [0.5, 0.6) is 0 Å². The van der Waals surface area contributed by atoms with Crippen LogP contribution in [-0.4, -0.2) is 56.0 Å². The fourth-order valence-corrected chi connectivity index (χ4v) is 3.12. The summed E-state index contributed by atoms with van der Waals surface area (Å²) in [5, 5.41) is 0. The molecule has 0 aromatic rings. The van der Waals surface area contributed by atoms with Gasteiger partial charge in [-0.25, -0.2) is 0 Å². The number of thiocarbonyl (C=S) groups is 1. The number of methoxy groups -OCH3 is 2. The standard InChI is InChI=1S/C12H22N2O2S/c1-15-9-6-14(7-10(9)16-2)8-12(3-4-12)5-11(13)17/h9-10H,3-8H2,1-2H3,(H2,13,17). The highest BCUT2D eigenvalue weighted by Gasteiger charge is 2.46. The van der Waals surface area contributed by atoms with Gasteiger partial charge in [0.05, 0.1) is 17.2 Å². The summed E-state index contributed by atoms with van der Waals surface area (Å²) in [7, 11) is 3.50. The maximum Gasteiger partial charge on any atom is 0.0971 e. The number of likely N-dealkylation sites (tertiary alicyclic amines) is 1. The molecule has 17 heavy (non-hydrogen) atoms. The van der Waals surface area contributed by atoms with Crippen molar-refractivity contribution in [3.05, 3.63) is 0 Å². The van der Waals surface area contributed by atoms with Crippen molar-refractivity contribution in [1.29, 1.82) is 0 Å². The highest BCUT2D eigenvalue weighted by Crippen LogP contribution is 2.49. The van der Waals surface area contributed by atoms with E-state index in [1.807, 2.05) is 0 Å². The molecular formula is C12H22N2O2S. The van der Waals surface area contributed by atoms with Crippen LogP contribution in [0.2, 0.25) is 0 Å². The van der Waals surface area contributed by atoms with Crippen LogP contribution in [0.4, 0.5) is 0 Å². The summed E-state index contributed by atoms with van der Waals surface area (Å²) in [4.78, 5) is 3.07. The van der Waals surface area contributed by atoms with Crippen LogP contribution in [0.3, 0.4) is 0 Å². The minimum absolute atomic E-state index is 0.195. The molecule has 0 aromatic heterocycles. The van der Waals surface area contributed by atoms with E-state index in [-0.39, 0.29) is 12.2 Å². The number of nitrogens with zero attached hydrogens (tertiary/aromatic N) is 1. The topological polar surface area (TPSA) is 47.7 Å². The molecule has 98 valence electrons. The van der Waals surface area contributed by atoms with Gasteiger partial charge in [0.1, 0.15) is 0 Å². The van der Waals surface area contributed by atoms with E-state index in [1.165, 1.54) is 12.8 Å². The molecule has 2 N–H and O–H groups in total. The molecule has 1 saturated heterocycles. The van der Waals surface area contributed by atoms with Crippen LogP contribution in [0.25, 0.3) is 0 Å². The lowest BCUT2D eigenvalue weighted by atomic mass is 10.0. The first-order chi connectivity index (χ1) is 8.08. The third kappa shape index (κ3) is 3.16. The molecule has 1 saturated carbocycles. The van der Waals surface area contributed by atoms with Crippen molar-refractivity contribution >= 4 is 17.2 Å². The summed E-state index contributed by atoms with van der Waals surface area (Å²) in [6.07, 6.45) is 3.77. The molecule has 4 nitrogen and oxygen atoms in total. The van der Waals surface area contributed by atoms with Gasteiger partial charge in [-0.3, -0.25) is 4.90 Å². The first kappa shape index (κ1) is 13.2. The monoisotopic (exact) mass is 258 g/mol. The van der Waals surface area contributed by atoms with E-state index in [0.29, 0.717) is 10.4 Å². The van der Waals surface area contributed by atoms with E-state index in [1.54, 1.807) is 14.2 Å². The van der Waals surface area contributed by atoms with E-state index in [2.05, 4.69) is 4.90 Å². The Balaban J connectivity index is 1.86. The SMILES string of the molecule is COC1CN(CC2(CC(N)=S)CC2)CC1OC. The second-order valence-corrected chi connectivity index (χ2v) is 5.91. The average Bonchev–Trinajstić information content (AvgIpc) is 2.89. The Labute approximate surface area is 108 Å². The summed E-state index contributed by atoms with van der Waals surface area (Å²) in [6, 6.07) is 0. The summed E-state index contributed by atoms with van der Waals surface area (Å²) in [6.45, 7) is 2.98.